The third kappa shape index (κ3) is 2.58. The molecule has 3 amide bonds. The molecule has 3 aliphatic heterocycles. The number of nitrogens with zero attached hydrogens (tertiary/aromatic N) is 3. The van der Waals surface area contributed by atoms with E-state index in [0.717, 1.165) is 17.8 Å². The highest BCUT2D eigenvalue weighted by atomic mass is 32.1. The van der Waals surface area contributed by atoms with Gasteiger partial charge in [-0.1, -0.05) is 0 Å². The molecular formula is C17H21N3O4S. The zero-order chi connectivity index (χ0) is 17.7. The average Bonchev–Trinajstić information content (AvgIpc) is 3.36. The number of rotatable bonds is 5. The molecule has 8 heteroatoms. The minimum absolute atomic E-state index is 0.151. The van der Waals surface area contributed by atoms with Crippen LogP contribution in [0, 0.1) is 11.8 Å². The van der Waals surface area contributed by atoms with Gasteiger partial charge in [-0.05, 0) is 19.8 Å². The Morgan fingerprint density at radius 3 is 2.56 bits per heavy atom. The first kappa shape index (κ1) is 16.7. The Morgan fingerprint density at radius 1 is 1.36 bits per heavy atom. The summed E-state index contributed by atoms with van der Waals surface area (Å²) in [4.78, 5) is 45.2. The maximum Gasteiger partial charge on any atom is 0.245 e. The lowest BCUT2D eigenvalue weighted by atomic mass is 9.81. The van der Waals surface area contributed by atoms with E-state index in [4.69, 9.17) is 4.74 Å². The smallest absolute Gasteiger partial charge is 0.245 e. The summed E-state index contributed by atoms with van der Waals surface area (Å²) in [5, 5.41) is 2.86. The van der Waals surface area contributed by atoms with Gasteiger partial charge in [0.1, 0.15) is 6.04 Å². The van der Waals surface area contributed by atoms with Gasteiger partial charge in [-0.3, -0.25) is 19.3 Å². The number of likely N-dealkylation sites (N-methyl/N-ethyl adjacent to an activating group) is 1. The number of hydrogen-bond acceptors (Lipinski definition) is 6. The number of likely N-dealkylation sites (tertiary alicyclic amines) is 1. The highest BCUT2D eigenvalue weighted by Gasteiger charge is 2.63. The van der Waals surface area contributed by atoms with Gasteiger partial charge in [-0.25, -0.2) is 4.98 Å². The second kappa shape index (κ2) is 6.17. The number of hydrogen-bond donors (Lipinski definition) is 0. The van der Waals surface area contributed by atoms with Crippen molar-refractivity contribution in [1.29, 1.82) is 0 Å². The Kier molecular flexibility index (Phi) is 4.11. The molecule has 1 aromatic heterocycles. The Labute approximate surface area is 150 Å². The molecular weight excluding hydrogens is 342 g/mol. The van der Waals surface area contributed by atoms with Gasteiger partial charge in [0, 0.05) is 31.6 Å². The first-order valence-corrected chi connectivity index (χ1v) is 9.52. The molecule has 0 N–H and O–H groups in total. The SMILES string of the molecule is CC(C(=O)N(C)CCc1nccs1)N1C(=O)C2C3CCC(O3)C2C1=O. The standard InChI is InChI=1S/C17H21N3O4S/c1-9(15(21)19(2)7-5-12-18-6-8-25-12)20-16(22)13-10-3-4-11(24-10)14(13)17(20)23/h6,8-11,13-14H,3-5,7H2,1-2H3. The Morgan fingerprint density at radius 2 is 2.00 bits per heavy atom. The monoisotopic (exact) mass is 363 g/mol. The van der Waals surface area contributed by atoms with Crippen LogP contribution in [-0.4, -0.2) is 64.3 Å². The predicted octanol–water partition coefficient (Wildman–Crippen LogP) is 0.695. The minimum atomic E-state index is -0.772. The fourth-order valence-electron chi connectivity index (χ4n) is 4.30. The topological polar surface area (TPSA) is 79.8 Å². The van der Waals surface area contributed by atoms with Crippen LogP contribution in [0.4, 0.5) is 0 Å². The molecule has 0 saturated carbocycles. The Balaban J connectivity index is 1.43. The van der Waals surface area contributed by atoms with Crippen LogP contribution in [0.1, 0.15) is 24.8 Å². The number of thiazole rings is 1. The van der Waals surface area contributed by atoms with Crippen LogP contribution in [0.5, 0.6) is 0 Å². The lowest BCUT2D eigenvalue weighted by Gasteiger charge is -2.27. The van der Waals surface area contributed by atoms with E-state index < -0.39 is 6.04 Å². The van der Waals surface area contributed by atoms with Crippen LogP contribution in [0.25, 0.3) is 0 Å². The summed E-state index contributed by atoms with van der Waals surface area (Å²) in [5.41, 5.74) is 0. The molecule has 2 bridgehead atoms. The molecule has 0 aromatic carbocycles. The molecule has 0 aliphatic carbocycles. The van der Waals surface area contributed by atoms with E-state index in [1.165, 1.54) is 4.90 Å². The molecule has 134 valence electrons. The third-order valence-electron chi connectivity index (χ3n) is 5.58. The minimum Gasteiger partial charge on any atom is -0.373 e. The van der Waals surface area contributed by atoms with Crippen LogP contribution >= 0.6 is 11.3 Å². The molecule has 3 aliphatic rings. The van der Waals surface area contributed by atoms with Gasteiger partial charge in [-0.15, -0.1) is 11.3 Å². The van der Waals surface area contributed by atoms with Gasteiger partial charge < -0.3 is 9.64 Å². The van der Waals surface area contributed by atoms with Gasteiger partial charge >= 0.3 is 0 Å². The average molecular weight is 363 g/mol. The van der Waals surface area contributed by atoms with Crippen molar-refractivity contribution in [3.8, 4) is 0 Å². The van der Waals surface area contributed by atoms with Crippen molar-refractivity contribution in [2.45, 2.75) is 44.4 Å². The fourth-order valence-corrected chi connectivity index (χ4v) is 4.91. The van der Waals surface area contributed by atoms with Crippen molar-refractivity contribution >= 4 is 29.1 Å². The maximum atomic E-state index is 12.7. The van der Waals surface area contributed by atoms with E-state index in [-0.39, 0.29) is 41.8 Å². The molecule has 1 aromatic rings. The van der Waals surface area contributed by atoms with Crippen LogP contribution in [0.3, 0.4) is 0 Å². The molecule has 4 heterocycles. The molecule has 3 saturated heterocycles. The fraction of sp³-hybridized carbons (Fsp3) is 0.647. The predicted molar refractivity (Wildman–Crippen MR) is 89.6 cm³/mol. The summed E-state index contributed by atoms with van der Waals surface area (Å²) in [5.74, 6) is -1.47. The molecule has 7 nitrogen and oxygen atoms in total. The quantitative estimate of drug-likeness (QED) is 0.720. The van der Waals surface area contributed by atoms with Crippen molar-refractivity contribution in [2.75, 3.05) is 13.6 Å². The number of ether oxygens (including phenoxy) is 1. The first-order chi connectivity index (χ1) is 12.0. The molecule has 0 spiro atoms. The third-order valence-corrected chi connectivity index (χ3v) is 6.42. The molecule has 5 unspecified atom stereocenters. The molecule has 5 atom stereocenters. The van der Waals surface area contributed by atoms with Gasteiger partial charge in [0.25, 0.3) is 0 Å². The second-order valence-corrected chi connectivity index (χ2v) is 7.98. The molecule has 4 rings (SSSR count). The van der Waals surface area contributed by atoms with E-state index in [0.29, 0.717) is 13.0 Å². The second-order valence-electron chi connectivity index (χ2n) is 7.00. The van der Waals surface area contributed by atoms with Crippen LogP contribution in [0.15, 0.2) is 11.6 Å². The normalized spacial score (nSPS) is 31.5. The zero-order valence-electron chi connectivity index (χ0n) is 14.3. The number of aromatic nitrogens is 1. The van der Waals surface area contributed by atoms with Gasteiger partial charge in [0.05, 0.1) is 29.1 Å². The summed E-state index contributed by atoms with van der Waals surface area (Å²) >= 11 is 1.55. The van der Waals surface area contributed by atoms with Crippen molar-refractivity contribution in [1.82, 2.24) is 14.8 Å². The number of carbonyl (C=O) groups is 3. The summed E-state index contributed by atoms with van der Waals surface area (Å²) < 4.78 is 5.73. The lowest BCUT2D eigenvalue weighted by molar-refractivity contribution is -0.152. The zero-order valence-corrected chi connectivity index (χ0v) is 15.1. The van der Waals surface area contributed by atoms with E-state index >= 15 is 0 Å². The van der Waals surface area contributed by atoms with Gasteiger partial charge in [0.2, 0.25) is 17.7 Å². The largest absolute Gasteiger partial charge is 0.373 e. The van der Waals surface area contributed by atoms with Crippen molar-refractivity contribution < 1.29 is 19.1 Å². The number of fused-ring (bicyclic) bond motifs is 5. The number of amides is 3. The van der Waals surface area contributed by atoms with Crippen molar-refractivity contribution in [3.63, 3.8) is 0 Å². The van der Waals surface area contributed by atoms with E-state index in [1.54, 1.807) is 36.4 Å². The van der Waals surface area contributed by atoms with Crippen LogP contribution in [0.2, 0.25) is 0 Å². The van der Waals surface area contributed by atoms with E-state index in [9.17, 15) is 14.4 Å². The Hall–Kier alpha value is -1.80. The lowest BCUT2D eigenvalue weighted by Crippen LogP contribution is -2.50. The molecule has 0 radical (unpaired) electrons. The summed E-state index contributed by atoms with van der Waals surface area (Å²) in [7, 11) is 1.70. The van der Waals surface area contributed by atoms with Crippen molar-refractivity contribution in [3.05, 3.63) is 16.6 Å². The summed E-state index contributed by atoms with van der Waals surface area (Å²) in [6.07, 6.45) is 3.75. The summed E-state index contributed by atoms with van der Waals surface area (Å²) in [6, 6.07) is -0.772. The number of carbonyl (C=O) groups excluding carboxylic acids is 3. The van der Waals surface area contributed by atoms with E-state index in [2.05, 4.69) is 4.98 Å². The maximum absolute atomic E-state index is 12.7. The molecule has 25 heavy (non-hydrogen) atoms. The van der Waals surface area contributed by atoms with Crippen molar-refractivity contribution in [2.24, 2.45) is 11.8 Å². The summed E-state index contributed by atoms with van der Waals surface area (Å²) in [6.45, 7) is 2.15. The van der Waals surface area contributed by atoms with Gasteiger partial charge in [-0.2, -0.15) is 0 Å². The number of imide groups is 1. The van der Waals surface area contributed by atoms with Crippen LogP contribution < -0.4 is 0 Å². The highest BCUT2D eigenvalue weighted by molar-refractivity contribution is 7.09. The molecule has 3 fully saturated rings. The van der Waals surface area contributed by atoms with Gasteiger partial charge in [0.15, 0.2) is 0 Å². The highest BCUT2D eigenvalue weighted by Crippen LogP contribution is 2.48. The van der Waals surface area contributed by atoms with Crippen LogP contribution in [-0.2, 0) is 25.5 Å². The first-order valence-electron chi connectivity index (χ1n) is 8.64. The Bertz CT molecular complexity index is 679. The van der Waals surface area contributed by atoms with E-state index in [1.807, 2.05) is 5.38 Å².